The van der Waals surface area contributed by atoms with Gasteiger partial charge in [-0.2, -0.15) is 0 Å². The van der Waals surface area contributed by atoms with E-state index in [9.17, 15) is 4.79 Å². The number of nitrogens with zero attached hydrogens (tertiary/aromatic N) is 1. The van der Waals surface area contributed by atoms with Gasteiger partial charge >= 0.3 is 0 Å². The molecule has 5 heteroatoms. The van der Waals surface area contributed by atoms with E-state index in [0.29, 0.717) is 31.3 Å². The molecule has 0 aliphatic heterocycles. The minimum Gasteiger partial charge on any atom is -0.497 e. The van der Waals surface area contributed by atoms with Gasteiger partial charge < -0.3 is 9.64 Å². The molecule has 1 amide bonds. The van der Waals surface area contributed by atoms with Gasteiger partial charge in [-0.1, -0.05) is 12.1 Å². The molecule has 3 nitrogen and oxygen atoms in total. The zero-order valence-corrected chi connectivity index (χ0v) is 11.9. The molecule has 1 aromatic rings. The van der Waals surface area contributed by atoms with Crippen LogP contribution in [0.2, 0.25) is 0 Å². The van der Waals surface area contributed by atoms with Gasteiger partial charge in [-0.05, 0) is 17.7 Å². The van der Waals surface area contributed by atoms with Gasteiger partial charge in [-0.3, -0.25) is 4.79 Å². The van der Waals surface area contributed by atoms with Crippen molar-refractivity contribution >= 4 is 29.1 Å². The molecule has 0 unspecified atom stereocenters. The number of hydrogen-bond donors (Lipinski definition) is 0. The van der Waals surface area contributed by atoms with Crippen molar-refractivity contribution in [3.8, 4) is 5.75 Å². The second-order valence-electron chi connectivity index (χ2n) is 3.78. The highest BCUT2D eigenvalue weighted by atomic mass is 35.5. The molecule has 0 aliphatic rings. The summed E-state index contributed by atoms with van der Waals surface area (Å²) in [6.07, 6.45) is 0.359. The van der Waals surface area contributed by atoms with Crippen LogP contribution in [0.15, 0.2) is 24.3 Å². The molecule has 1 rings (SSSR count). The highest BCUT2D eigenvalue weighted by Crippen LogP contribution is 2.12. The number of halogens is 2. The number of alkyl halides is 2. The monoisotopic (exact) mass is 289 g/mol. The molecule has 100 valence electrons. The average molecular weight is 290 g/mol. The first-order chi connectivity index (χ1) is 8.71. The lowest BCUT2D eigenvalue weighted by atomic mass is 10.1. The van der Waals surface area contributed by atoms with E-state index in [2.05, 4.69) is 0 Å². The number of hydrogen-bond acceptors (Lipinski definition) is 2. The third kappa shape index (κ3) is 4.75. The maximum atomic E-state index is 12.0. The fourth-order valence-electron chi connectivity index (χ4n) is 1.60. The van der Waals surface area contributed by atoms with Gasteiger partial charge in [0, 0.05) is 24.8 Å². The topological polar surface area (TPSA) is 29.5 Å². The highest BCUT2D eigenvalue weighted by Gasteiger charge is 2.12. The normalized spacial score (nSPS) is 10.2. The van der Waals surface area contributed by atoms with Crippen molar-refractivity contribution < 1.29 is 9.53 Å². The van der Waals surface area contributed by atoms with Crippen molar-refractivity contribution in [1.29, 1.82) is 0 Å². The summed E-state index contributed by atoms with van der Waals surface area (Å²) in [7, 11) is 1.61. The predicted molar refractivity (Wildman–Crippen MR) is 74.7 cm³/mol. The first-order valence-electron chi connectivity index (χ1n) is 5.74. The smallest absolute Gasteiger partial charge is 0.227 e. The summed E-state index contributed by atoms with van der Waals surface area (Å²) in [5.41, 5.74) is 0.954. The van der Waals surface area contributed by atoms with Crippen LogP contribution in [0.3, 0.4) is 0 Å². The predicted octanol–water partition coefficient (Wildman–Crippen LogP) is 2.54. The van der Waals surface area contributed by atoms with Crippen LogP contribution in [0.4, 0.5) is 0 Å². The van der Waals surface area contributed by atoms with Gasteiger partial charge in [0.1, 0.15) is 5.75 Å². The van der Waals surface area contributed by atoms with Crippen LogP contribution in [-0.4, -0.2) is 42.8 Å². The summed E-state index contributed by atoms with van der Waals surface area (Å²) in [6.45, 7) is 1.06. The number of benzene rings is 1. The number of ether oxygens (including phenoxy) is 1. The first kappa shape index (κ1) is 15.1. The molecule has 0 spiro atoms. The van der Waals surface area contributed by atoms with Gasteiger partial charge in [0.25, 0.3) is 0 Å². The van der Waals surface area contributed by atoms with E-state index < -0.39 is 0 Å². The van der Waals surface area contributed by atoms with E-state index >= 15 is 0 Å². The molecule has 0 bridgehead atoms. The molecule has 0 aromatic heterocycles. The van der Waals surface area contributed by atoms with Gasteiger partial charge in [-0.25, -0.2) is 0 Å². The Balaban J connectivity index is 2.60. The van der Waals surface area contributed by atoms with Crippen LogP contribution in [0, 0.1) is 0 Å². The van der Waals surface area contributed by atoms with Gasteiger partial charge in [0.15, 0.2) is 0 Å². The third-order valence-corrected chi connectivity index (χ3v) is 2.91. The summed E-state index contributed by atoms with van der Waals surface area (Å²) in [6, 6.07) is 7.46. The van der Waals surface area contributed by atoms with E-state index in [-0.39, 0.29) is 5.91 Å². The largest absolute Gasteiger partial charge is 0.497 e. The van der Waals surface area contributed by atoms with Crippen molar-refractivity contribution in [2.45, 2.75) is 6.42 Å². The van der Waals surface area contributed by atoms with Crippen LogP contribution in [0.5, 0.6) is 5.75 Å². The Morgan fingerprint density at radius 2 is 1.72 bits per heavy atom. The van der Waals surface area contributed by atoms with Crippen molar-refractivity contribution in [1.82, 2.24) is 4.90 Å². The van der Waals surface area contributed by atoms with Crippen LogP contribution in [-0.2, 0) is 11.2 Å². The van der Waals surface area contributed by atoms with Crippen LogP contribution >= 0.6 is 23.2 Å². The van der Waals surface area contributed by atoms with Gasteiger partial charge in [0.2, 0.25) is 5.91 Å². The van der Waals surface area contributed by atoms with E-state index in [1.165, 1.54) is 0 Å². The number of rotatable bonds is 7. The highest BCUT2D eigenvalue weighted by molar-refractivity contribution is 6.18. The standard InChI is InChI=1S/C13H17Cl2NO2/c1-18-12-4-2-11(3-5-12)10-13(17)16(8-6-14)9-7-15/h2-5H,6-10H2,1H3. The molecular formula is C13H17Cl2NO2. The Kier molecular flexibility index (Phi) is 6.91. The van der Waals surface area contributed by atoms with Crippen molar-refractivity contribution in [2.24, 2.45) is 0 Å². The second-order valence-corrected chi connectivity index (χ2v) is 4.54. The Morgan fingerprint density at radius 3 is 2.17 bits per heavy atom. The quantitative estimate of drug-likeness (QED) is 0.722. The number of carbonyl (C=O) groups is 1. The molecule has 0 aliphatic carbocycles. The Hall–Kier alpha value is -0.930. The minimum atomic E-state index is 0.0430. The fraction of sp³-hybridized carbons (Fsp3) is 0.462. The maximum Gasteiger partial charge on any atom is 0.227 e. The van der Waals surface area contributed by atoms with E-state index in [4.69, 9.17) is 27.9 Å². The molecule has 0 atom stereocenters. The van der Waals surface area contributed by atoms with Crippen molar-refractivity contribution in [3.05, 3.63) is 29.8 Å². The maximum absolute atomic E-state index is 12.0. The molecule has 1 aromatic carbocycles. The molecule has 0 radical (unpaired) electrons. The number of amides is 1. The Morgan fingerprint density at radius 1 is 1.17 bits per heavy atom. The number of methoxy groups -OCH3 is 1. The summed E-state index contributed by atoms with van der Waals surface area (Å²) < 4.78 is 5.07. The van der Waals surface area contributed by atoms with E-state index in [1.807, 2.05) is 24.3 Å². The van der Waals surface area contributed by atoms with E-state index in [0.717, 1.165) is 11.3 Å². The van der Waals surface area contributed by atoms with Crippen molar-refractivity contribution in [3.63, 3.8) is 0 Å². The summed E-state index contributed by atoms with van der Waals surface area (Å²) >= 11 is 11.3. The third-order valence-electron chi connectivity index (χ3n) is 2.58. The zero-order chi connectivity index (χ0) is 13.4. The second kappa shape index (κ2) is 8.22. The molecular weight excluding hydrogens is 273 g/mol. The molecule has 0 saturated carbocycles. The Labute approximate surface area is 118 Å². The zero-order valence-electron chi connectivity index (χ0n) is 10.4. The van der Waals surface area contributed by atoms with Crippen LogP contribution < -0.4 is 4.74 Å². The SMILES string of the molecule is COc1ccc(CC(=O)N(CCCl)CCCl)cc1. The van der Waals surface area contributed by atoms with Gasteiger partial charge in [-0.15, -0.1) is 23.2 Å². The minimum absolute atomic E-state index is 0.0430. The van der Waals surface area contributed by atoms with Crippen molar-refractivity contribution in [2.75, 3.05) is 32.0 Å². The lowest BCUT2D eigenvalue weighted by Gasteiger charge is -2.20. The molecule has 0 heterocycles. The Bertz CT molecular complexity index is 362. The fourth-order valence-corrected chi connectivity index (χ4v) is 2.00. The number of carbonyl (C=O) groups excluding carboxylic acids is 1. The lowest BCUT2D eigenvalue weighted by molar-refractivity contribution is -0.130. The molecule has 0 fully saturated rings. The average Bonchev–Trinajstić information content (AvgIpc) is 2.39. The summed E-state index contributed by atoms with van der Waals surface area (Å²) in [5, 5.41) is 0. The molecule has 0 saturated heterocycles. The van der Waals surface area contributed by atoms with Gasteiger partial charge in [0.05, 0.1) is 13.5 Å². The molecule has 18 heavy (non-hydrogen) atoms. The van der Waals surface area contributed by atoms with Crippen LogP contribution in [0.1, 0.15) is 5.56 Å². The van der Waals surface area contributed by atoms with E-state index in [1.54, 1.807) is 12.0 Å². The lowest BCUT2D eigenvalue weighted by Crippen LogP contribution is -2.35. The summed E-state index contributed by atoms with van der Waals surface area (Å²) in [5.74, 6) is 1.67. The van der Waals surface area contributed by atoms with Crippen LogP contribution in [0.25, 0.3) is 0 Å². The first-order valence-corrected chi connectivity index (χ1v) is 6.80. The molecule has 0 N–H and O–H groups in total. The summed E-state index contributed by atoms with van der Waals surface area (Å²) in [4.78, 5) is 13.7.